The summed E-state index contributed by atoms with van der Waals surface area (Å²) in [5.41, 5.74) is 0.172. The molecule has 12 heavy (non-hydrogen) atoms. The van der Waals surface area contributed by atoms with E-state index in [2.05, 4.69) is 27.7 Å². The molecule has 1 saturated carbocycles. The molecule has 1 aliphatic carbocycles. The molecule has 1 fully saturated rings. The van der Waals surface area contributed by atoms with Crippen LogP contribution in [0.3, 0.4) is 0 Å². The number of hydrogen-bond donors (Lipinski definition) is 0. The first-order chi connectivity index (χ1) is 5.48. The molecule has 0 aliphatic heterocycles. The molecule has 0 radical (unpaired) electrons. The predicted molar refractivity (Wildman–Crippen MR) is 52.7 cm³/mol. The Morgan fingerprint density at radius 1 is 1.58 bits per heavy atom. The van der Waals surface area contributed by atoms with E-state index in [-0.39, 0.29) is 5.41 Å². The number of alkyl halides is 1. The molecule has 0 saturated heterocycles. The number of ether oxygens (including phenoxy) is 1. The molecule has 1 rings (SSSR count). The van der Waals surface area contributed by atoms with Crippen LogP contribution in [0.1, 0.15) is 40.5 Å². The highest BCUT2D eigenvalue weighted by molar-refractivity contribution is 6.21. The third-order valence-electron chi connectivity index (χ3n) is 3.03. The maximum atomic E-state index is 6.08. The first-order valence-corrected chi connectivity index (χ1v) is 5.21. The second kappa shape index (κ2) is 3.55. The first-order valence-electron chi connectivity index (χ1n) is 4.78. The minimum atomic E-state index is 0.172. The van der Waals surface area contributed by atoms with E-state index in [0.29, 0.717) is 17.6 Å². The van der Waals surface area contributed by atoms with Gasteiger partial charge < -0.3 is 4.74 Å². The van der Waals surface area contributed by atoms with Crippen LogP contribution in [0, 0.1) is 5.41 Å². The summed E-state index contributed by atoms with van der Waals surface area (Å²) in [6.07, 6.45) is 2.84. The van der Waals surface area contributed by atoms with E-state index in [0.717, 1.165) is 12.8 Å². The fourth-order valence-electron chi connectivity index (χ4n) is 1.44. The quantitative estimate of drug-likeness (QED) is 0.621. The standard InChI is InChI=1S/C10H19ClO/c1-5-7(2)12-9-6-8(11)10(9,3)4/h7-9H,5-6H2,1-4H3. The lowest BCUT2D eigenvalue weighted by Gasteiger charge is -2.49. The minimum absolute atomic E-state index is 0.172. The molecule has 3 atom stereocenters. The summed E-state index contributed by atoms with van der Waals surface area (Å²) >= 11 is 6.08. The molecule has 0 spiro atoms. The van der Waals surface area contributed by atoms with E-state index < -0.39 is 0 Å². The van der Waals surface area contributed by atoms with Crippen LogP contribution >= 0.6 is 11.6 Å². The third-order valence-corrected chi connectivity index (χ3v) is 3.77. The Labute approximate surface area is 80.4 Å². The van der Waals surface area contributed by atoms with Crippen LogP contribution in [0.15, 0.2) is 0 Å². The highest BCUT2D eigenvalue weighted by atomic mass is 35.5. The molecule has 72 valence electrons. The molecule has 2 heteroatoms. The fraction of sp³-hybridized carbons (Fsp3) is 1.00. The van der Waals surface area contributed by atoms with Crippen molar-refractivity contribution in [3.63, 3.8) is 0 Å². The highest BCUT2D eigenvalue weighted by Crippen LogP contribution is 2.46. The van der Waals surface area contributed by atoms with Crippen LogP contribution in [0.4, 0.5) is 0 Å². The zero-order valence-corrected chi connectivity index (χ0v) is 9.19. The van der Waals surface area contributed by atoms with Crippen LogP contribution < -0.4 is 0 Å². The van der Waals surface area contributed by atoms with Gasteiger partial charge in [0.15, 0.2) is 0 Å². The predicted octanol–water partition coefficient (Wildman–Crippen LogP) is 3.21. The van der Waals surface area contributed by atoms with Gasteiger partial charge in [-0.2, -0.15) is 0 Å². The van der Waals surface area contributed by atoms with Gasteiger partial charge in [0, 0.05) is 10.8 Å². The summed E-state index contributed by atoms with van der Waals surface area (Å²) in [6, 6.07) is 0. The summed E-state index contributed by atoms with van der Waals surface area (Å²) in [5, 5.41) is 0.298. The van der Waals surface area contributed by atoms with E-state index in [4.69, 9.17) is 16.3 Å². The van der Waals surface area contributed by atoms with Gasteiger partial charge in [-0.3, -0.25) is 0 Å². The second-order valence-electron chi connectivity index (χ2n) is 4.37. The van der Waals surface area contributed by atoms with Crippen LogP contribution in [0.25, 0.3) is 0 Å². The summed E-state index contributed by atoms with van der Waals surface area (Å²) in [6.45, 7) is 8.63. The summed E-state index contributed by atoms with van der Waals surface area (Å²) in [7, 11) is 0. The molecule has 0 bridgehead atoms. The van der Waals surface area contributed by atoms with Crippen molar-refractivity contribution >= 4 is 11.6 Å². The topological polar surface area (TPSA) is 9.23 Å². The van der Waals surface area contributed by atoms with Crippen molar-refractivity contribution in [3.8, 4) is 0 Å². The summed E-state index contributed by atoms with van der Waals surface area (Å²) in [4.78, 5) is 0. The molecule has 0 amide bonds. The van der Waals surface area contributed by atoms with Gasteiger partial charge in [0.25, 0.3) is 0 Å². The van der Waals surface area contributed by atoms with Crippen molar-refractivity contribution in [1.82, 2.24) is 0 Å². The van der Waals surface area contributed by atoms with E-state index >= 15 is 0 Å². The Kier molecular flexibility index (Phi) is 3.06. The molecule has 0 aromatic heterocycles. The lowest BCUT2D eigenvalue weighted by atomic mass is 9.68. The Balaban J connectivity index is 2.37. The lowest BCUT2D eigenvalue weighted by Crippen LogP contribution is -2.52. The van der Waals surface area contributed by atoms with Crippen LogP contribution in [0.2, 0.25) is 0 Å². The van der Waals surface area contributed by atoms with Gasteiger partial charge in [-0.05, 0) is 19.8 Å². The average molecular weight is 191 g/mol. The van der Waals surface area contributed by atoms with Crippen LogP contribution in [-0.4, -0.2) is 17.6 Å². The van der Waals surface area contributed by atoms with E-state index in [1.165, 1.54) is 0 Å². The Morgan fingerprint density at radius 2 is 2.17 bits per heavy atom. The van der Waals surface area contributed by atoms with Crippen LogP contribution in [-0.2, 0) is 4.74 Å². The number of rotatable bonds is 3. The van der Waals surface area contributed by atoms with E-state index in [9.17, 15) is 0 Å². The van der Waals surface area contributed by atoms with E-state index in [1.807, 2.05) is 0 Å². The minimum Gasteiger partial charge on any atom is -0.375 e. The van der Waals surface area contributed by atoms with E-state index in [1.54, 1.807) is 0 Å². The van der Waals surface area contributed by atoms with Crippen LogP contribution in [0.5, 0.6) is 0 Å². The Bertz CT molecular complexity index is 156. The maximum absolute atomic E-state index is 6.08. The molecule has 0 heterocycles. The summed E-state index contributed by atoms with van der Waals surface area (Å²) in [5.74, 6) is 0. The third kappa shape index (κ3) is 1.77. The maximum Gasteiger partial charge on any atom is 0.0658 e. The molecular weight excluding hydrogens is 172 g/mol. The zero-order valence-electron chi connectivity index (χ0n) is 8.43. The van der Waals surface area contributed by atoms with Crippen molar-refractivity contribution in [2.24, 2.45) is 5.41 Å². The molecule has 0 aromatic rings. The average Bonchev–Trinajstić information content (AvgIpc) is 2.03. The smallest absolute Gasteiger partial charge is 0.0658 e. The lowest BCUT2D eigenvalue weighted by molar-refractivity contribution is -0.119. The highest BCUT2D eigenvalue weighted by Gasteiger charge is 2.48. The Hall–Kier alpha value is 0.250. The van der Waals surface area contributed by atoms with Gasteiger partial charge in [0.1, 0.15) is 0 Å². The Morgan fingerprint density at radius 3 is 2.50 bits per heavy atom. The molecule has 1 aliphatic rings. The largest absolute Gasteiger partial charge is 0.375 e. The van der Waals surface area contributed by atoms with Crippen molar-refractivity contribution in [2.45, 2.75) is 58.1 Å². The van der Waals surface area contributed by atoms with Gasteiger partial charge in [0.2, 0.25) is 0 Å². The normalized spacial score (nSPS) is 35.8. The number of hydrogen-bond acceptors (Lipinski definition) is 1. The second-order valence-corrected chi connectivity index (χ2v) is 4.90. The van der Waals surface area contributed by atoms with Crippen molar-refractivity contribution in [3.05, 3.63) is 0 Å². The molecule has 0 aromatic carbocycles. The zero-order chi connectivity index (χ0) is 9.35. The first kappa shape index (κ1) is 10.3. The number of halogens is 1. The van der Waals surface area contributed by atoms with Crippen molar-refractivity contribution in [2.75, 3.05) is 0 Å². The van der Waals surface area contributed by atoms with Gasteiger partial charge >= 0.3 is 0 Å². The van der Waals surface area contributed by atoms with Gasteiger partial charge in [-0.1, -0.05) is 20.8 Å². The fourth-order valence-corrected chi connectivity index (χ4v) is 1.75. The molecular formula is C10H19ClO. The van der Waals surface area contributed by atoms with Gasteiger partial charge in [-0.15, -0.1) is 11.6 Å². The monoisotopic (exact) mass is 190 g/mol. The SMILES string of the molecule is CCC(C)OC1CC(Cl)C1(C)C. The molecule has 1 nitrogen and oxygen atoms in total. The molecule has 3 unspecified atom stereocenters. The van der Waals surface area contributed by atoms with Gasteiger partial charge in [0.05, 0.1) is 12.2 Å². The van der Waals surface area contributed by atoms with Crippen molar-refractivity contribution < 1.29 is 4.74 Å². The molecule has 0 N–H and O–H groups in total. The van der Waals surface area contributed by atoms with Crippen molar-refractivity contribution in [1.29, 1.82) is 0 Å². The van der Waals surface area contributed by atoms with Gasteiger partial charge in [-0.25, -0.2) is 0 Å². The summed E-state index contributed by atoms with van der Waals surface area (Å²) < 4.78 is 5.84.